The first-order chi connectivity index (χ1) is 11.4. The fourth-order valence-electron chi connectivity index (χ4n) is 2.15. The molecule has 0 aliphatic rings. The van der Waals surface area contributed by atoms with E-state index < -0.39 is 15.9 Å². The molecule has 2 rings (SSSR count). The molecule has 0 unspecified atom stereocenters. The summed E-state index contributed by atoms with van der Waals surface area (Å²) < 4.78 is 32.9. The summed E-state index contributed by atoms with van der Waals surface area (Å²) in [5.41, 5.74) is 5.35. The highest BCUT2D eigenvalue weighted by molar-refractivity contribution is 7.89. The lowest BCUT2D eigenvalue weighted by atomic mass is 10.2. The number of nitrogens with two attached hydrogens (primary N) is 1. The maximum Gasteiger partial charge on any atom is 0.248 e. The second-order valence-electron chi connectivity index (χ2n) is 5.04. The summed E-state index contributed by atoms with van der Waals surface area (Å²) in [5, 5.41) is 1.99. The minimum atomic E-state index is -3.79. The molecule has 6 nitrogen and oxygen atoms in total. The first-order valence-corrected chi connectivity index (χ1v) is 9.89. The lowest BCUT2D eigenvalue weighted by Crippen LogP contribution is -2.26. The van der Waals surface area contributed by atoms with Gasteiger partial charge in [0.05, 0.1) is 6.61 Å². The van der Waals surface area contributed by atoms with Crippen LogP contribution in [0.4, 0.5) is 0 Å². The van der Waals surface area contributed by atoms with Gasteiger partial charge in [0, 0.05) is 17.0 Å². The van der Waals surface area contributed by atoms with E-state index in [-0.39, 0.29) is 16.2 Å². The van der Waals surface area contributed by atoms with Gasteiger partial charge in [0.2, 0.25) is 15.9 Å². The molecule has 1 heterocycles. The number of carbonyl (C=O) groups excluding carboxylic acids is 1. The predicted molar refractivity (Wildman–Crippen MR) is 94.0 cm³/mol. The van der Waals surface area contributed by atoms with Crippen molar-refractivity contribution in [3.8, 4) is 5.75 Å². The number of ether oxygens (including phenoxy) is 1. The van der Waals surface area contributed by atoms with E-state index in [4.69, 9.17) is 10.5 Å². The molecule has 1 amide bonds. The molecule has 0 saturated heterocycles. The number of carbonyl (C=O) groups is 1. The zero-order chi connectivity index (χ0) is 17.6. The van der Waals surface area contributed by atoms with Crippen molar-refractivity contribution in [1.29, 1.82) is 0 Å². The highest BCUT2D eigenvalue weighted by Crippen LogP contribution is 2.25. The topological polar surface area (TPSA) is 98.5 Å². The number of thiophene rings is 1. The monoisotopic (exact) mass is 368 g/mol. The Hall–Kier alpha value is -1.90. The van der Waals surface area contributed by atoms with Crippen LogP contribution >= 0.6 is 11.3 Å². The maximum atomic E-state index is 12.5. The molecule has 3 N–H and O–H groups in total. The Morgan fingerprint density at radius 1 is 1.33 bits per heavy atom. The minimum absolute atomic E-state index is 0.0724. The maximum absolute atomic E-state index is 12.5. The number of hydrogen-bond acceptors (Lipinski definition) is 5. The van der Waals surface area contributed by atoms with E-state index in [0.717, 1.165) is 6.42 Å². The summed E-state index contributed by atoms with van der Waals surface area (Å²) in [7, 11) is -3.79. The Kier molecular flexibility index (Phi) is 6.36. The second-order valence-corrected chi connectivity index (χ2v) is 7.81. The molecule has 24 heavy (non-hydrogen) atoms. The number of aryl methyl sites for hydroxylation is 1. The standard InChI is InChI=1S/C16H20N2O4S2/c1-2-22-14-8-7-12(16(17)19)11-15(14)24(20,21)18-9-3-5-13-6-4-10-23-13/h4,6-8,10-11,18H,2-3,5,9H2,1H3,(H2,17,19). The van der Waals surface area contributed by atoms with Crippen molar-refractivity contribution in [2.24, 2.45) is 5.73 Å². The van der Waals surface area contributed by atoms with Crippen molar-refractivity contribution in [3.05, 3.63) is 46.2 Å². The predicted octanol–water partition coefficient (Wildman–Crippen LogP) is 2.16. The Morgan fingerprint density at radius 2 is 2.12 bits per heavy atom. The van der Waals surface area contributed by atoms with E-state index in [1.807, 2.05) is 17.5 Å². The first-order valence-electron chi connectivity index (χ1n) is 7.52. The van der Waals surface area contributed by atoms with Crippen LogP contribution < -0.4 is 15.2 Å². The molecule has 0 atom stereocenters. The first kappa shape index (κ1) is 18.4. The van der Waals surface area contributed by atoms with Crippen LogP contribution in [-0.2, 0) is 16.4 Å². The van der Waals surface area contributed by atoms with Crippen molar-refractivity contribution in [2.75, 3.05) is 13.2 Å². The Labute approximate surface area is 145 Å². The van der Waals surface area contributed by atoms with Crippen molar-refractivity contribution in [2.45, 2.75) is 24.7 Å². The van der Waals surface area contributed by atoms with Gasteiger partial charge in [0.1, 0.15) is 10.6 Å². The van der Waals surface area contributed by atoms with Gasteiger partial charge in [-0.2, -0.15) is 0 Å². The molecular weight excluding hydrogens is 348 g/mol. The molecule has 0 aliphatic heterocycles. The van der Waals surface area contributed by atoms with Gasteiger partial charge in [-0.25, -0.2) is 13.1 Å². The summed E-state index contributed by atoms with van der Waals surface area (Å²) in [4.78, 5) is 12.4. The molecule has 0 bridgehead atoms. The number of sulfonamides is 1. The average molecular weight is 368 g/mol. The highest BCUT2D eigenvalue weighted by Gasteiger charge is 2.21. The third-order valence-corrected chi connectivity index (χ3v) is 5.71. The van der Waals surface area contributed by atoms with Gasteiger partial charge in [-0.3, -0.25) is 4.79 Å². The summed E-state index contributed by atoms with van der Waals surface area (Å²) in [6.45, 7) is 2.37. The van der Waals surface area contributed by atoms with Crippen molar-refractivity contribution in [1.82, 2.24) is 4.72 Å². The zero-order valence-corrected chi connectivity index (χ0v) is 15.0. The van der Waals surface area contributed by atoms with Crippen LogP contribution in [0.1, 0.15) is 28.6 Å². The minimum Gasteiger partial charge on any atom is -0.492 e. The summed E-state index contributed by atoms with van der Waals surface area (Å²) in [6, 6.07) is 8.12. The number of benzene rings is 1. The molecule has 0 saturated carbocycles. The molecule has 1 aromatic carbocycles. The third kappa shape index (κ3) is 4.80. The van der Waals surface area contributed by atoms with Gasteiger partial charge < -0.3 is 10.5 Å². The quantitative estimate of drug-likeness (QED) is 0.663. The Balaban J connectivity index is 2.11. The van der Waals surface area contributed by atoms with Gasteiger partial charge in [0.25, 0.3) is 0 Å². The molecule has 0 spiro atoms. The average Bonchev–Trinajstić information content (AvgIpc) is 3.05. The molecule has 8 heteroatoms. The van der Waals surface area contributed by atoms with Gasteiger partial charge in [-0.15, -0.1) is 11.3 Å². The van der Waals surface area contributed by atoms with Gasteiger partial charge >= 0.3 is 0 Å². The summed E-state index contributed by atoms with van der Waals surface area (Å²) in [6.07, 6.45) is 1.49. The van der Waals surface area contributed by atoms with Crippen molar-refractivity contribution < 1.29 is 17.9 Å². The lowest BCUT2D eigenvalue weighted by Gasteiger charge is -2.12. The Bertz CT molecular complexity index is 786. The van der Waals surface area contributed by atoms with Gasteiger partial charge in [0.15, 0.2) is 0 Å². The van der Waals surface area contributed by atoms with Crippen LogP contribution in [0.2, 0.25) is 0 Å². The summed E-state index contributed by atoms with van der Waals surface area (Å²) in [5.74, 6) is -0.486. The second kappa shape index (κ2) is 8.27. The van der Waals surface area contributed by atoms with Crippen molar-refractivity contribution >= 4 is 27.3 Å². The van der Waals surface area contributed by atoms with Crippen molar-refractivity contribution in [3.63, 3.8) is 0 Å². The van der Waals surface area contributed by atoms with Crippen LogP contribution in [0.15, 0.2) is 40.6 Å². The van der Waals surface area contributed by atoms with E-state index in [1.54, 1.807) is 18.3 Å². The van der Waals surface area contributed by atoms with Crippen LogP contribution in [0.25, 0.3) is 0 Å². The normalized spacial score (nSPS) is 11.4. The number of nitrogens with one attached hydrogen (secondary N) is 1. The van der Waals surface area contributed by atoms with E-state index in [1.165, 1.54) is 23.1 Å². The SMILES string of the molecule is CCOc1ccc(C(N)=O)cc1S(=O)(=O)NCCCc1cccs1. The largest absolute Gasteiger partial charge is 0.492 e. The molecule has 130 valence electrons. The highest BCUT2D eigenvalue weighted by atomic mass is 32.2. The summed E-state index contributed by atoms with van der Waals surface area (Å²) >= 11 is 1.64. The molecule has 0 fully saturated rings. The Morgan fingerprint density at radius 3 is 2.75 bits per heavy atom. The number of amides is 1. The fraction of sp³-hybridized carbons (Fsp3) is 0.312. The van der Waals surface area contributed by atoms with E-state index in [2.05, 4.69) is 4.72 Å². The number of primary amides is 1. The van der Waals surface area contributed by atoms with Gasteiger partial charge in [-0.05, 0) is 49.4 Å². The molecule has 0 aliphatic carbocycles. The smallest absolute Gasteiger partial charge is 0.248 e. The zero-order valence-electron chi connectivity index (χ0n) is 13.3. The van der Waals surface area contributed by atoms with E-state index in [0.29, 0.717) is 19.6 Å². The number of rotatable bonds is 9. The van der Waals surface area contributed by atoms with Crippen LogP contribution in [0.3, 0.4) is 0 Å². The van der Waals surface area contributed by atoms with E-state index in [9.17, 15) is 13.2 Å². The van der Waals surface area contributed by atoms with Crippen LogP contribution in [0, 0.1) is 0 Å². The van der Waals surface area contributed by atoms with Gasteiger partial charge in [-0.1, -0.05) is 6.07 Å². The fourth-order valence-corrected chi connectivity index (χ4v) is 4.14. The molecule has 1 aromatic heterocycles. The molecular formula is C16H20N2O4S2. The lowest BCUT2D eigenvalue weighted by molar-refractivity contribution is 0.1000. The third-order valence-electron chi connectivity index (χ3n) is 3.29. The number of hydrogen-bond donors (Lipinski definition) is 2. The molecule has 2 aromatic rings. The van der Waals surface area contributed by atoms with E-state index >= 15 is 0 Å². The van der Waals surface area contributed by atoms with Crippen LogP contribution in [-0.4, -0.2) is 27.5 Å². The molecule has 0 radical (unpaired) electrons. The van der Waals surface area contributed by atoms with Crippen LogP contribution in [0.5, 0.6) is 5.75 Å².